The molecule has 16 heavy (non-hydrogen) atoms. The zero-order chi connectivity index (χ0) is 11.8. The second-order valence-corrected chi connectivity index (χ2v) is 3.42. The average Bonchev–Trinajstić information content (AvgIpc) is 2.34. The molecule has 0 aliphatic carbocycles. The van der Waals surface area contributed by atoms with Crippen molar-refractivity contribution in [3.05, 3.63) is 30.3 Å². The summed E-state index contributed by atoms with van der Waals surface area (Å²) in [6, 6.07) is 9.42. The maximum Gasteiger partial charge on any atom is 0.325 e. The Morgan fingerprint density at radius 2 is 2.12 bits per heavy atom. The molecule has 88 valence electrons. The van der Waals surface area contributed by atoms with E-state index in [2.05, 4.69) is 5.32 Å². The van der Waals surface area contributed by atoms with Crippen LogP contribution in [-0.4, -0.2) is 30.3 Å². The lowest BCUT2D eigenvalue weighted by Crippen LogP contribution is -2.25. The number of hydrogen-bond acceptors (Lipinski definition) is 4. The van der Waals surface area contributed by atoms with Crippen LogP contribution in [0.5, 0.6) is 0 Å². The number of ether oxygens (including phenoxy) is 1. The van der Waals surface area contributed by atoms with Crippen molar-refractivity contribution in [1.29, 1.82) is 0 Å². The number of rotatable bonds is 6. The molecule has 1 atom stereocenters. The van der Waals surface area contributed by atoms with Gasteiger partial charge in [0.2, 0.25) is 0 Å². The first-order valence-corrected chi connectivity index (χ1v) is 5.35. The monoisotopic (exact) mass is 223 g/mol. The first-order chi connectivity index (χ1) is 7.76. The first kappa shape index (κ1) is 12.5. The quantitative estimate of drug-likeness (QED) is 0.716. The fraction of sp³-hybridized carbons (Fsp3) is 0.417. The number of aliphatic hydroxyl groups excluding tert-OH is 1. The smallest absolute Gasteiger partial charge is 0.325 e. The van der Waals surface area contributed by atoms with Crippen LogP contribution in [0.2, 0.25) is 0 Å². The molecule has 0 heterocycles. The number of para-hydroxylation sites is 1. The topological polar surface area (TPSA) is 58.6 Å². The summed E-state index contributed by atoms with van der Waals surface area (Å²) in [5.74, 6) is -0.357. The van der Waals surface area contributed by atoms with Crippen molar-refractivity contribution in [2.24, 2.45) is 0 Å². The number of esters is 1. The molecule has 0 radical (unpaired) electrons. The van der Waals surface area contributed by atoms with Gasteiger partial charge in [0.25, 0.3) is 0 Å². The number of benzene rings is 1. The fourth-order valence-corrected chi connectivity index (χ4v) is 1.21. The minimum atomic E-state index is -0.398. The highest BCUT2D eigenvalue weighted by Gasteiger charge is 2.10. The Hall–Kier alpha value is -1.55. The Morgan fingerprint density at radius 3 is 2.69 bits per heavy atom. The lowest BCUT2D eigenvalue weighted by atomic mass is 10.3. The molecule has 0 amide bonds. The minimum Gasteiger partial charge on any atom is -0.459 e. The van der Waals surface area contributed by atoms with E-state index in [9.17, 15) is 4.79 Å². The number of hydrogen-bond donors (Lipinski definition) is 2. The minimum absolute atomic E-state index is 0.112. The molecule has 4 heteroatoms. The highest BCUT2D eigenvalue weighted by atomic mass is 16.6. The molecule has 0 fully saturated rings. The van der Waals surface area contributed by atoms with Gasteiger partial charge in [0.05, 0.1) is 6.61 Å². The van der Waals surface area contributed by atoms with Gasteiger partial charge in [-0.25, -0.2) is 0 Å². The number of anilines is 1. The normalized spacial score (nSPS) is 11.9. The van der Waals surface area contributed by atoms with E-state index in [1.165, 1.54) is 0 Å². The molecule has 4 nitrogen and oxygen atoms in total. The molecule has 0 spiro atoms. The van der Waals surface area contributed by atoms with Crippen molar-refractivity contribution in [2.45, 2.75) is 19.4 Å². The summed E-state index contributed by atoms with van der Waals surface area (Å²) in [4.78, 5) is 11.3. The number of aliphatic hydroxyl groups is 1. The summed E-state index contributed by atoms with van der Waals surface area (Å²) in [7, 11) is 0. The highest BCUT2D eigenvalue weighted by Crippen LogP contribution is 2.04. The van der Waals surface area contributed by atoms with E-state index in [1.807, 2.05) is 37.3 Å². The zero-order valence-electron chi connectivity index (χ0n) is 9.35. The van der Waals surface area contributed by atoms with Crippen molar-refractivity contribution in [1.82, 2.24) is 0 Å². The Labute approximate surface area is 95.2 Å². The van der Waals surface area contributed by atoms with Crippen LogP contribution >= 0.6 is 0 Å². The van der Waals surface area contributed by atoms with Crippen LogP contribution in [0, 0.1) is 0 Å². The van der Waals surface area contributed by atoms with Gasteiger partial charge in [-0.3, -0.25) is 4.79 Å². The summed E-state index contributed by atoms with van der Waals surface area (Å²) >= 11 is 0. The Bertz CT molecular complexity index is 309. The second kappa shape index (κ2) is 6.85. The van der Waals surface area contributed by atoms with E-state index in [0.29, 0.717) is 6.42 Å². The molecule has 1 rings (SSSR count). The van der Waals surface area contributed by atoms with Gasteiger partial charge in [-0.15, -0.1) is 0 Å². The van der Waals surface area contributed by atoms with E-state index in [0.717, 1.165) is 5.69 Å². The molecular weight excluding hydrogens is 206 g/mol. The molecule has 0 bridgehead atoms. The predicted octanol–water partition coefficient (Wildman–Crippen LogP) is 1.41. The number of carbonyl (C=O) groups excluding carboxylic acids is 1. The van der Waals surface area contributed by atoms with E-state index >= 15 is 0 Å². The van der Waals surface area contributed by atoms with Crippen molar-refractivity contribution in [2.75, 3.05) is 18.5 Å². The summed E-state index contributed by atoms with van der Waals surface area (Å²) in [6.45, 7) is 1.84. The predicted molar refractivity (Wildman–Crippen MR) is 62.2 cm³/mol. The van der Waals surface area contributed by atoms with Gasteiger partial charge < -0.3 is 15.2 Å². The lowest BCUT2D eigenvalue weighted by molar-refractivity contribution is -0.148. The summed E-state index contributed by atoms with van der Waals surface area (Å²) < 4.78 is 5.02. The second-order valence-electron chi connectivity index (χ2n) is 3.42. The Balaban J connectivity index is 2.30. The molecule has 0 aliphatic rings. The van der Waals surface area contributed by atoms with Crippen molar-refractivity contribution < 1.29 is 14.6 Å². The first-order valence-electron chi connectivity index (χ1n) is 5.35. The van der Waals surface area contributed by atoms with Crippen LogP contribution in [0.4, 0.5) is 5.69 Å². The van der Waals surface area contributed by atoms with E-state index in [4.69, 9.17) is 9.84 Å². The highest BCUT2D eigenvalue weighted by molar-refractivity contribution is 5.75. The Kier molecular flexibility index (Phi) is 5.36. The fourth-order valence-electron chi connectivity index (χ4n) is 1.21. The van der Waals surface area contributed by atoms with Crippen molar-refractivity contribution >= 4 is 11.7 Å². The van der Waals surface area contributed by atoms with E-state index in [-0.39, 0.29) is 19.1 Å². The van der Waals surface area contributed by atoms with Gasteiger partial charge in [0, 0.05) is 5.69 Å². The summed E-state index contributed by atoms with van der Waals surface area (Å²) in [6.07, 6.45) is 0.221. The van der Waals surface area contributed by atoms with Crippen LogP contribution < -0.4 is 5.32 Å². The molecule has 0 saturated heterocycles. The van der Waals surface area contributed by atoms with E-state index < -0.39 is 6.10 Å². The van der Waals surface area contributed by atoms with Gasteiger partial charge in [0.15, 0.2) is 0 Å². The molecule has 0 aromatic heterocycles. The maximum atomic E-state index is 11.3. The van der Waals surface area contributed by atoms with Crippen molar-refractivity contribution in [3.8, 4) is 0 Å². The molecule has 2 N–H and O–H groups in total. The van der Waals surface area contributed by atoms with Gasteiger partial charge >= 0.3 is 5.97 Å². The molecule has 1 unspecified atom stereocenters. The molecular formula is C12H17NO3. The van der Waals surface area contributed by atoms with Gasteiger partial charge in [-0.05, 0) is 18.6 Å². The summed E-state index contributed by atoms with van der Waals surface area (Å²) in [5, 5.41) is 11.8. The zero-order valence-corrected chi connectivity index (χ0v) is 9.35. The SMILES string of the molecule is CCC(CO)OC(=O)CNc1ccccc1. The number of carbonyl (C=O) groups is 1. The van der Waals surface area contributed by atoms with Crippen LogP contribution in [0.15, 0.2) is 30.3 Å². The Morgan fingerprint density at radius 1 is 1.44 bits per heavy atom. The van der Waals surface area contributed by atoms with Crippen molar-refractivity contribution in [3.63, 3.8) is 0 Å². The third kappa shape index (κ3) is 4.31. The van der Waals surface area contributed by atoms with Crippen LogP contribution in [0.1, 0.15) is 13.3 Å². The third-order valence-electron chi connectivity index (χ3n) is 2.17. The van der Waals surface area contributed by atoms with Gasteiger partial charge in [-0.2, -0.15) is 0 Å². The lowest BCUT2D eigenvalue weighted by Gasteiger charge is -2.13. The van der Waals surface area contributed by atoms with Gasteiger partial charge in [-0.1, -0.05) is 25.1 Å². The molecule has 0 saturated carbocycles. The van der Waals surface area contributed by atoms with Gasteiger partial charge in [0.1, 0.15) is 12.6 Å². The average molecular weight is 223 g/mol. The molecule has 0 aliphatic heterocycles. The summed E-state index contributed by atoms with van der Waals surface area (Å²) in [5.41, 5.74) is 0.872. The van der Waals surface area contributed by atoms with Crippen LogP contribution in [0.25, 0.3) is 0 Å². The molecule has 1 aromatic carbocycles. The number of nitrogens with one attached hydrogen (secondary N) is 1. The third-order valence-corrected chi connectivity index (χ3v) is 2.17. The van der Waals surface area contributed by atoms with E-state index in [1.54, 1.807) is 0 Å². The largest absolute Gasteiger partial charge is 0.459 e. The van der Waals surface area contributed by atoms with Crippen LogP contribution in [0.3, 0.4) is 0 Å². The van der Waals surface area contributed by atoms with Crippen LogP contribution in [-0.2, 0) is 9.53 Å². The maximum absolute atomic E-state index is 11.3. The standard InChI is InChI=1S/C12H17NO3/c1-2-11(9-14)16-12(15)8-13-10-6-4-3-5-7-10/h3-7,11,13-14H,2,8-9H2,1H3. The molecule has 1 aromatic rings.